The number of rotatable bonds is 20. The van der Waals surface area contributed by atoms with E-state index in [1.807, 2.05) is 41.5 Å². The molecule has 0 aliphatic heterocycles. The van der Waals surface area contributed by atoms with E-state index in [4.69, 9.17) is 21.5 Å². The van der Waals surface area contributed by atoms with Crippen LogP contribution in [0, 0.1) is 0 Å². The highest BCUT2D eigenvalue weighted by Crippen LogP contribution is 2.45. The number of fused-ring (bicyclic) bond motifs is 8. The van der Waals surface area contributed by atoms with Gasteiger partial charge in [0.1, 0.15) is 48.6 Å². The van der Waals surface area contributed by atoms with Crippen molar-refractivity contribution in [1.82, 2.24) is 15.3 Å². The third-order valence-electron chi connectivity index (χ3n) is 16.0. The van der Waals surface area contributed by atoms with E-state index in [0.717, 1.165) is 7.11 Å². The number of aromatic nitrogens is 2. The molecule has 20 nitrogen and oxygen atoms in total. The zero-order valence-corrected chi connectivity index (χ0v) is 63.7. The topological polar surface area (TPSA) is 295 Å². The van der Waals surface area contributed by atoms with Crippen molar-refractivity contribution in [1.29, 1.82) is 0 Å². The van der Waals surface area contributed by atoms with E-state index in [-0.39, 0.29) is 105 Å². The van der Waals surface area contributed by atoms with Gasteiger partial charge in [-0.25, -0.2) is 9.78 Å². The Hall–Kier alpha value is -7.70. The minimum atomic E-state index is -4.91. The summed E-state index contributed by atoms with van der Waals surface area (Å²) in [6, 6.07) is 33.7. The van der Waals surface area contributed by atoms with Gasteiger partial charge in [-0.2, -0.15) is 33.7 Å². The van der Waals surface area contributed by atoms with Gasteiger partial charge in [-0.3, -0.25) is 9.59 Å². The minimum Gasteiger partial charge on any atom is -0.481 e. The molecule has 1 aliphatic carbocycles. The van der Waals surface area contributed by atoms with Crippen molar-refractivity contribution in [2.45, 2.75) is 123 Å². The third kappa shape index (κ3) is 18.1. The molecule has 0 fully saturated rings. The molecule has 10 rings (SSSR count). The average molecular weight is 1680 g/mol. The average Bonchev–Trinajstić information content (AvgIpc) is 0.911. The second-order valence-corrected chi connectivity index (χ2v) is 35.4. The maximum atomic E-state index is 15.2. The van der Waals surface area contributed by atoms with Crippen molar-refractivity contribution in [3.63, 3.8) is 0 Å². The van der Waals surface area contributed by atoms with Crippen LogP contribution in [-0.2, 0) is 115 Å². The van der Waals surface area contributed by atoms with Gasteiger partial charge in [0.15, 0.2) is 0 Å². The number of methoxy groups -OCH3 is 1. The molecule has 1 atom stereocenters. The normalized spacial score (nSPS) is 13.2. The number of imidazole rings is 1. The lowest BCUT2D eigenvalue weighted by Gasteiger charge is -2.27. The second kappa shape index (κ2) is 29.5. The van der Waals surface area contributed by atoms with Gasteiger partial charge < -0.3 is 36.9 Å². The summed E-state index contributed by atoms with van der Waals surface area (Å²) >= 11 is 13.5. The molecule has 8 bridgehead atoms. The Labute approximate surface area is 608 Å². The minimum absolute atomic E-state index is 0.000430. The lowest BCUT2D eigenvalue weighted by molar-refractivity contribution is -0.145. The number of hydrogen-bond acceptors (Lipinski definition) is 17. The number of benzene rings is 8. The van der Waals surface area contributed by atoms with E-state index in [2.05, 4.69) is 79.0 Å². The number of carbonyl (C=O) groups is 3. The number of H-pyrrole nitrogens is 1. The van der Waals surface area contributed by atoms with Gasteiger partial charge in [0.25, 0.3) is 0 Å². The zero-order chi connectivity index (χ0) is 71.7. The summed E-state index contributed by atoms with van der Waals surface area (Å²) in [6.45, 7) is 11.3. The Morgan fingerprint density at radius 2 is 0.758 bits per heavy atom. The van der Waals surface area contributed by atoms with Crippen LogP contribution in [-0.4, -0.2) is 79.7 Å². The summed E-state index contributed by atoms with van der Waals surface area (Å²) < 4.78 is 154. The summed E-state index contributed by atoms with van der Waals surface area (Å²) in [5.41, 5.74) is 0.530. The van der Waals surface area contributed by atoms with Crippen LogP contribution in [0.5, 0.6) is 23.0 Å². The van der Waals surface area contributed by atoms with Crippen molar-refractivity contribution in [3.05, 3.63) is 248 Å². The number of amides is 1. The second-order valence-electron chi connectivity index (χ2n) is 25.6. The molecule has 3 N–H and O–H groups in total. The molecule has 0 unspecified atom stereocenters. The molecule has 8 aromatic carbocycles. The molecule has 28 heteroatoms. The summed E-state index contributed by atoms with van der Waals surface area (Å²) in [5, 5.41) is 13.3. The highest BCUT2D eigenvalue weighted by molar-refractivity contribution is 9.11. The fourth-order valence-corrected chi connectivity index (χ4v) is 16.2. The summed E-state index contributed by atoms with van der Waals surface area (Å²) in [6.07, 6.45) is -0.265. The molecule has 1 amide bonds. The van der Waals surface area contributed by atoms with Gasteiger partial charge in [0.05, 0.1) is 26.3 Å². The first-order valence-electron chi connectivity index (χ1n) is 30.4. The molecule has 1 heterocycles. The molecular weight excluding hydrogens is 1610 g/mol. The van der Waals surface area contributed by atoms with E-state index < -0.39 is 114 Å². The number of carbonyl (C=O) groups excluding carboxylic acids is 2. The number of carboxylic acids is 1. The molecular formula is C71H65Br4N3O17S4. The molecule has 99 heavy (non-hydrogen) atoms. The monoisotopic (exact) mass is 1670 g/mol. The number of aliphatic carboxylic acids is 1. The molecule has 0 saturated carbocycles. The molecule has 1 aliphatic rings. The van der Waals surface area contributed by atoms with Gasteiger partial charge in [-0.05, 0) is 130 Å². The first-order chi connectivity index (χ1) is 46.4. The Morgan fingerprint density at radius 3 is 1.01 bits per heavy atom. The summed E-state index contributed by atoms with van der Waals surface area (Å²) in [4.78, 5) is 46.9. The first-order valence-corrected chi connectivity index (χ1v) is 39.2. The Morgan fingerprint density at radius 1 is 0.475 bits per heavy atom. The first kappa shape index (κ1) is 74.0. The quantitative estimate of drug-likeness (QED) is 0.0472. The number of aromatic amines is 1. The Balaban J connectivity index is 1.36. The highest BCUT2D eigenvalue weighted by atomic mass is 79.9. The van der Waals surface area contributed by atoms with E-state index >= 15 is 33.7 Å². The van der Waals surface area contributed by atoms with Crippen LogP contribution in [0.2, 0.25) is 0 Å². The molecule has 0 radical (unpaired) electrons. The number of halogens is 4. The van der Waals surface area contributed by atoms with E-state index in [1.54, 1.807) is 24.3 Å². The standard InChI is InChI=1S/C71H65Br4N3O17S4/c1-70(2,3)51-34-47-30-43-24-41(28-63(79)78-62(69(82)91-7)38-57-39-76-40-77-57)25-44(65(43)92-96(83,84)58-16-8-53(72)9-17-58)31-48-35-52(71(4,5)6)37-50(68(48)95-99(89,90)61-22-14-56(75)15-23-61)33-46-27-42(29-64(80)81)26-45(66(46)93-97(85,86)59-18-10-54(73)11-19-59)32-49(36-51)67(47)94-98(87,88)60-20-12-55(74)13-21-60/h8-27,34-37,39-40,62H,28-33,38H2,1-7H3,(H,76,77)(H,78,79)(H,80,81)/t62-/m0/s1. The Bertz CT molecular complexity index is 4890. The van der Waals surface area contributed by atoms with Crippen molar-refractivity contribution in [2.24, 2.45) is 0 Å². The SMILES string of the molecule is COC(=O)[C@H](Cc1cnc[nH]1)NC(=O)Cc1cc2c(OS(=O)(=O)c3ccc(Br)cc3)c(c1)Cc1cc(C(C)(C)C)cc(c1OS(=O)(=O)c1ccc(Br)cc1)Cc1cc(CC(=O)O)cc(c1OS(=O)(=O)c1ccc(Br)cc1)Cc1cc(C(C)(C)C)cc(c1OS(=O)(=O)c1ccc(Br)cc1)C2. The number of nitrogens with zero attached hydrogens (tertiary/aromatic N) is 1. The summed E-state index contributed by atoms with van der Waals surface area (Å²) in [7, 11) is -18.4. The highest BCUT2D eigenvalue weighted by Gasteiger charge is 2.34. The van der Waals surface area contributed by atoms with E-state index in [9.17, 15) is 19.5 Å². The van der Waals surface area contributed by atoms with Gasteiger partial charge in [0, 0.05) is 106 Å². The molecule has 1 aromatic heterocycles. The van der Waals surface area contributed by atoms with Crippen LogP contribution in [0.15, 0.2) is 196 Å². The molecule has 0 spiro atoms. The fourth-order valence-electron chi connectivity index (χ4n) is 11.1. The number of nitrogens with one attached hydrogen (secondary N) is 2. The van der Waals surface area contributed by atoms with Crippen LogP contribution >= 0.6 is 63.7 Å². The van der Waals surface area contributed by atoms with Crippen LogP contribution in [0.25, 0.3) is 0 Å². The molecule has 9 aromatic rings. The van der Waals surface area contributed by atoms with E-state index in [0.29, 0.717) is 34.7 Å². The molecule has 0 saturated heterocycles. The van der Waals surface area contributed by atoms with Crippen molar-refractivity contribution >= 4 is 122 Å². The number of ether oxygens (including phenoxy) is 1. The maximum Gasteiger partial charge on any atom is 0.339 e. The largest absolute Gasteiger partial charge is 0.481 e. The van der Waals surface area contributed by atoms with Crippen LogP contribution in [0.3, 0.4) is 0 Å². The van der Waals surface area contributed by atoms with E-state index in [1.165, 1.54) is 134 Å². The predicted octanol–water partition coefficient (Wildman–Crippen LogP) is 13.9. The van der Waals surface area contributed by atoms with Gasteiger partial charge in [-0.1, -0.05) is 154 Å². The van der Waals surface area contributed by atoms with Gasteiger partial charge in [0.2, 0.25) is 5.91 Å². The lowest BCUT2D eigenvalue weighted by atomic mass is 9.81. The lowest BCUT2D eigenvalue weighted by Crippen LogP contribution is -2.43. The zero-order valence-electron chi connectivity index (χ0n) is 54.1. The maximum absolute atomic E-state index is 15.2. The number of carboxylic acid groups (broad SMARTS) is 1. The molecule has 518 valence electrons. The predicted molar refractivity (Wildman–Crippen MR) is 383 cm³/mol. The van der Waals surface area contributed by atoms with Crippen LogP contribution in [0.4, 0.5) is 0 Å². The smallest absolute Gasteiger partial charge is 0.339 e. The van der Waals surface area contributed by atoms with Crippen molar-refractivity contribution in [3.8, 4) is 23.0 Å². The fraction of sp³-hybridized carbons (Fsp3) is 0.239. The van der Waals surface area contributed by atoms with Gasteiger partial charge in [-0.15, -0.1) is 0 Å². The van der Waals surface area contributed by atoms with Crippen LogP contribution < -0.4 is 22.0 Å². The van der Waals surface area contributed by atoms with Crippen molar-refractivity contribution < 1.29 is 74.6 Å². The number of esters is 1. The third-order valence-corrected chi connectivity index (χ3v) is 23.1. The summed E-state index contributed by atoms with van der Waals surface area (Å²) in [5.74, 6) is -4.13. The van der Waals surface area contributed by atoms with Crippen molar-refractivity contribution in [2.75, 3.05) is 7.11 Å². The van der Waals surface area contributed by atoms with Gasteiger partial charge >= 0.3 is 52.4 Å². The Kier molecular flexibility index (Phi) is 22.0. The van der Waals surface area contributed by atoms with Crippen LogP contribution in [0.1, 0.15) is 114 Å². The number of hydrogen-bond donors (Lipinski definition) is 3.